The van der Waals surface area contributed by atoms with Crippen LogP contribution >= 0.6 is 0 Å². The van der Waals surface area contributed by atoms with Gasteiger partial charge in [0.1, 0.15) is 0 Å². The molecule has 0 saturated heterocycles. The molecule has 1 fully saturated rings. The van der Waals surface area contributed by atoms with Crippen molar-refractivity contribution in [1.82, 2.24) is 0 Å². The molecular formula is C10H14O3. The number of carboxylic acids is 1. The zero-order valence-electron chi connectivity index (χ0n) is 7.39. The molecule has 3 heteroatoms. The predicted molar refractivity (Wildman–Crippen MR) is 47.1 cm³/mol. The summed E-state index contributed by atoms with van der Waals surface area (Å²) in [6.45, 7) is 0. The molecule has 2 bridgehead atoms. The first-order valence-corrected chi connectivity index (χ1v) is 4.76. The Morgan fingerprint density at radius 3 is 2.69 bits per heavy atom. The van der Waals surface area contributed by atoms with E-state index in [9.17, 15) is 9.90 Å². The molecule has 0 spiro atoms. The first-order valence-electron chi connectivity index (χ1n) is 4.76. The first-order chi connectivity index (χ1) is 6.16. The molecule has 2 aliphatic carbocycles. The number of hydrogen-bond donors (Lipinski definition) is 2. The molecule has 72 valence electrons. The van der Waals surface area contributed by atoms with Gasteiger partial charge in [0.25, 0.3) is 0 Å². The van der Waals surface area contributed by atoms with Crippen LogP contribution in [0.1, 0.15) is 19.3 Å². The highest BCUT2D eigenvalue weighted by molar-refractivity contribution is 5.71. The summed E-state index contributed by atoms with van der Waals surface area (Å²) >= 11 is 0. The van der Waals surface area contributed by atoms with Crippen molar-refractivity contribution >= 4 is 5.97 Å². The molecule has 0 aromatic rings. The highest BCUT2D eigenvalue weighted by Crippen LogP contribution is 2.45. The molecule has 3 nitrogen and oxygen atoms in total. The van der Waals surface area contributed by atoms with Crippen molar-refractivity contribution in [2.75, 3.05) is 0 Å². The van der Waals surface area contributed by atoms with Gasteiger partial charge in [0, 0.05) is 0 Å². The SMILES string of the molecule is O=C(O)C(O)CC1CC2C=CC1C2. The van der Waals surface area contributed by atoms with Crippen molar-refractivity contribution in [1.29, 1.82) is 0 Å². The second-order valence-corrected chi connectivity index (χ2v) is 4.13. The lowest BCUT2D eigenvalue weighted by Gasteiger charge is -2.19. The Morgan fingerprint density at radius 1 is 1.46 bits per heavy atom. The fourth-order valence-electron chi connectivity index (χ4n) is 2.55. The molecule has 13 heavy (non-hydrogen) atoms. The molecule has 1 saturated carbocycles. The van der Waals surface area contributed by atoms with Gasteiger partial charge in [-0.05, 0) is 37.0 Å². The predicted octanol–water partition coefficient (Wildman–Crippen LogP) is 1.03. The van der Waals surface area contributed by atoms with Gasteiger partial charge in [0.15, 0.2) is 6.10 Å². The average Bonchev–Trinajstić information content (AvgIpc) is 2.64. The molecule has 0 aliphatic heterocycles. The van der Waals surface area contributed by atoms with E-state index in [1.54, 1.807) is 0 Å². The van der Waals surface area contributed by atoms with E-state index in [2.05, 4.69) is 12.2 Å². The Balaban J connectivity index is 1.90. The van der Waals surface area contributed by atoms with E-state index in [1.807, 2.05) is 0 Å². The maximum atomic E-state index is 10.4. The van der Waals surface area contributed by atoms with Crippen molar-refractivity contribution in [3.63, 3.8) is 0 Å². The van der Waals surface area contributed by atoms with Crippen molar-refractivity contribution in [3.8, 4) is 0 Å². The number of carboxylic acid groups (broad SMARTS) is 1. The topological polar surface area (TPSA) is 57.5 Å². The quantitative estimate of drug-likeness (QED) is 0.641. The third-order valence-electron chi connectivity index (χ3n) is 3.23. The Labute approximate surface area is 77.1 Å². The number of carbonyl (C=O) groups is 1. The van der Waals surface area contributed by atoms with Gasteiger partial charge < -0.3 is 10.2 Å². The lowest BCUT2D eigenvalue weighted by atomic mass is 9.88. The van der Waals surface area contributed by atoms with E-state index < -0.39 is 12.1 Å². The number of hydrogen-bond acceptors (Lipinski definition) is 2. The van der Waals surface area contributed by atoms with Gasteiger partial charge in [-0.25, -0.2) is 4.79 Å². The maximum Gasteiger partial charge on any atom is 0.332 e. The third kappa shape index (κ3) is 1.61. The second-order valence-electron chi connectivity index (χ2n) is 4.13. The van der Waals surface area contributed by atoms with Crippen molar-refractivity contribution < 1.29 is 15.0 Å². The Kier molecular flexibility index (Phi) is 2.12. The number of rotatable bonds is 3. The lowest BCUT2D eigenvalue weighted by Crippen LogP contribution is -2.24. The monoisotopic (exact) mass is 182 g/mol. The van der Waals surface area contributed by atoms with Crippen LogP contribution in [-0.4, -0.2) is 22.3 Å². The number of allylic oxidation sites excluding steroid dienone is 2. The van der Waals surface area contributed by atoms with E-state index in [4.69, 9.17) is 5.11 Å². The van der Waals surface area contributed by atoms with E-state index in [1.165, 1.54) is 0 Å². The summed E-state index contributed by atoms with van der Waals surface area (Å²) in [5, 5.41) is 17.7. The average molecular weight is 182 g/mol. The summed E-state index contributed by atoms with van der Waals surface area (Å²) < 4.78 is 0. The summed E-state index contributed by atoms with van der Waals surface area (Å²) in [6, 6.07) is 0. The first kappa shape index (κ1) is 8.75. The highest BCUT2D eigenvalue weighted by Gasteiger charge is 2.37. The van der Waals surface area contributed by atoms with Crippen LogP contribution in [-0.2, 0) is 4.79 Å². The van der Waals surface area contributed by atoms with Crippen molar-refractivity contribution in [2.24, 2.45) is 17.8 Å². The van der Waals surface area contributed by atoms with Gasteiger partial charge in [-0.1, -0.05) is 12.2 Å². The van der Waals surface area contributed by atoms with E-state index in [0.29, 0.717) is 24.2 Å². The van der Waals surface area contributed by atoms with E-state index in [-0.39, 0.29) is 0 Å². The number of aliphatic hydroxyl groups excluding tert-OH is 1. The van der Waals surface area contributed by atoms with Crippen LogP contribution in [0.2, 0.25) is 0 Å². The summed E-state index contributed by atoms with van der Waals surface area (Å²) in [5.41, 5.74) is 0. The fraction of sp³-hybridized carbons (Fsp3) is 0.700. The van der Waals surface area contributed by atoms with Crippen molar-refractivity contribution in [3.05, 3.63) is 12.2 Å². The van der Waals surface area contributed by atoms with Gasteiger partial charge in [-0.15, -0.1) is 0 Å². The van der Waals surface area contributed by atoms with Gasteiger partial charge in [-0.3, -0.25) is 0 Å². The van der Waals surface area contributed by atoms with Crippen LogP contribution in [0.5, 0.6) is 0 Å². The van der Waals surface area contributed by atoms with E-state index in [0.717, 1.165) is 12.8 Å². The maximum absolute atomic E-state index is 10.4. The second kappa shape index (κ2) is 3.14. The molecule has 4 unspecified atom stereocenters. The minimum absolute atomic E-state index is 0.390. The van der Waals surface area contributed by atoms with Crippen LogP contribution in [0, 0.1) is 17.8 Å². The molecule has 0 aromatic heterocycles. The van der Waals surface area contributed by atoms with Crippen LogP contribution in [0.3, 0.4) is 0 Å². The summed E-state index contributed by atoms with van der Waals surface area (Å²) in [7, 11) is 0. The summed E-state index contributed by atoms with van der Waals surface area (Å²) in [6.07, 6.45) is 5.86. The standard InChI is InChI=1S/C10H14O3/c11-9(10(12)13)5-8-4-6-1-2-7(8)3-6/h1-2,6-9,11H,3-5H2,(H,12,13). The summed E-state index contributed by atoms with van der Waals surface area (Å²) in [4.78, 5) is 10.4. The van der Waals surface area contributed by atoms with Gasteiger partial charge >= 0.3 is 5.97 Å². The molecule has 0 amide bonds. The minimum Gasteiger partial charge on any atom is -0.479 e. The largest absolute Gasteiger partial charge is 0.479 e. The zero-order chi connectivity index (χ0) is 9.42. The molecule has 0 radical (unpaired) electrons. The summed E-state index contributed by atoms with van der Waals surface area (Å²) in [5.74, 6) is 0.475. The van der Waals surface area contributed by atoms with Gasteiger partial charge in [-0.2, -0.15) is 0 Å². The highest BCUT2D eigenvalue weighted by atomic mass is 16.4. The molecule has 2 N–H and O–H groups in total. The Hall–Kier alpha value is -0.830. The van der Waals surface area contributed by atoms with Crippen LogP contribution < -0.4 is 0 Å². The van der Waals surface area contributed by atoms with Crippen molar-refractivity contribution in [2.45, 2.75) is 25.4 Å². The van der Waals surface area contributed by atoms with Crippen LogP contribution in [0.4, 0.5) is 0 Å². The zero-order valence-corrected chi connectivity index (χ0v) is 7.39. The number of fused-ring (bicyclic) bond motifs is 2. The molecule has 4 atom stereocenters. The third-order valence-corrected chi connectivity index (χ3v) is 3.23. The minimum atomic E-state index is -1.17. The molecule has 2 aliphatic rings. The number of aliphatic carboxylic acids is 1. The lowest BCUT2D eigenvalue weighted by molar-refractivity contribution is -0.147. The van der Waals surface area contributed by atoms with Crippen LogP contribution in [0.15, 0.2) is 12.2 Å². The molecule has 0 aromatic carbocycles. The van der Waals surface area contributed by atoms with E-state index >= 15 is 0 Å². The molecule has 0 heterocycles. The Morgan fingerprint density at radius 2 is 2.23 bits per heavy atom. The van der Waals surface area contributed by atoms with Gasteiger partial charge in [0.05, 0.1) is 0 Å². The van der Waals surface area contributed by atoms with Gasteiger partial charge in [0.2, 0.25) is 0 Å². The molecule has 2 rings (SSSR count). The molecular weight excluding hydrogens is 168 g/mol. The fourth-order valence-corrected chi connectivity index (χ4v) is 2.55. The number of aliphatic hydroxyl groups is 1. The van der Waals surface area contributed by atoms with Crippen LogP contribution in [0.25, 0.3) is 0 Å². The normalized spacial score (nSPS) is 38.1. The smallest absolute Gasteiger partial charge is 0.332 e. The Bertz CT molecular complexity index is 247.